The Kier molecular flexibility index (Phi) is 5.31. The standard InChI is InChI=1S/C15H22FNO2/c1-3-17-14(10-15-18-6-7-19-15)9-12-8-13(16)5-4-11(12)2/h4-5,8,14-15,17H,3,6-7,9-10H2,1-2H3. The first-order chi connectivity index (χ1) is 9.19. The van der Waals surface area contributed by atoms with Gasteiger partial charge in [-0.05, 0) is 43.1 Å². The van der Waals surface area contributed by atoms with E-state index < -0.39 is 0 Å². The minimum Gasteiger partial charge on any atom is -0.350 e. The number of likely N-dealkylation sites (N-methyl/N-ethyl adjacent to an activating group) is 1. The summed E-state index contributed by atoms with van der Waals surface area (Å²) in [4.78, 5) is 0. The summed E-state index contributed by atoms with van der Waals surface area (Å²) in [7, 11) is 0. The lowest BCUT2D eigenvalue weighted by Crippen LogP contribution is -2.35. The Bertz CT molecular complexity index is 405. The van der Waals surface area contributed by atoms with Crippen LogP contribution in [0.3, 0.4) is 0 Å². The molecule has 0 aliphatic carbocycles. The summed E-state index contributed by atoms with van der Waals surface area (Å²) >= 11 is 0. The fourth-order valence-corrected chi connectivity index (χ4v) is 2.43. The smallest absolute Gasteiger partial charge is 0.159 e. The highest BCUT2D eigenvalue weighted by atomic mass is 19.1. The summed E-state index contributed by atoms with van der Waals surface area (Å²) < 4.78 is 24.3. The molecule has 1 aromatic rings. The lowest BCUT2D eigenvalue weighted by molar-refractivity contribution is -0.0525. The Morgan fingerprint density at radius 1 is 1.37 bits per heavy atom. The van der Waals surface area contributed by atoms with E-state index in [4.69, 9.17) is 9.47 Å². The van der Waals surface area contributed by atoms with Gasteiger partial charge in [-0.25, -0.2) is 4.39 Å². The minimum atomic E-state index is -0.177. The molecule has 1 aromatic carbocycles. The van der Waals surface area contributed by atoms with Crippen LogP contribution in [0.2, 0.25) is 0 Å². The summed E-state index contributed by atoms with van der Waals surface area (Å²) in [5.74, 6) is -0.177. The van der Waals surface area contributed by atoms with Crippen molar-refractivity contribution >= 4 is 0 Å². The van der Waals surface area contributed by atoms with Gasteiger partial charge in [-0.3, -0.25) is 0 Å². The lowest BCUT2D eigenvalue weighted by atomic mass is 9.99. The molecule has 1 atom stereocenters. The van der Waals surface area contributed by atoms with Crippen LogP contribution in [0.15, 0.2) is 18.2 Å². The molecule has 1 saturated heterocycles. The van der Waals surface area contributed by atoms with E-state index in [1.807, 2.05) is 13.0 Å². The van der Waals surface area contributed by atoms with E-state index in [0.29, 0.717) is 13.2 Å². The molecule has 0 aromatic heterocycles. The third-order valence-corrected chi connectivity index (χ3v) is 3.44. The average molecular weight is 267 g/mol. The fourth-order valence-electron chi connectivity index (χ4n) is 2.43. The van der Waals surface area contributed by atoms with Crippen molar-refractivity contribution in [3.63, 3.8) is 0 Å². The molecule has 106 valence electrons. The summed E-state index contributed by atoms with van der Waals surface area (Å²) in [5.41, 5.74) is 2.17. The van der Waals surface area contributed by atoms with E-state index in [-0.39, 0.29) is 18.1 Å². The maximum Gasteiger partial charge on any atom is 0.159 e. The van der Waals surface area contributed by atoms with Gasteiger partial charge in [0.05, 0.1) is 13.2 Å². The minimum absolute atomic E-state index is 0.127. The Labute approximate surface area is 114 Å². The van der Waals surface area contributed by atoms with Crippen molar-refractivity contribution in [2.24, 2.45) is 0 Å². The van der Waals surface area contributed by atoms with Gasteiger partial charge in [-0.2, -0.15) is 0 Å². The number of hydrogen-bond acceptors (Lipinski definition) is 3. The normalized spacial score (nSPS) is 17.8. The van der Waals surface area contributed by atoms with Crippen molar-refractivity contribution in [2.75, 3.05) is 19.8 Å². The van der Waals surface area contributed by atoms with E-state index in [1.54, 1.807) is 6.07 Å². The molecular weight excluding hydrogens is 245 g/mol. The maximum atomic E-state index is 13.3. The molecular formula is C15H22FNO2. The van der Waals surface area contributed by atoms with Gasteiger partial charge < -0.3 is 14.8 Å². The van der Waals surface area contributed by atoms with Gasteiger partial charge in [0.2, 0.25) is 0 Å². The monoisotopic (exact) mass is 267 g/mol. The molecule has 1 fully saturated rings. The van der Waals surface area contributed by atoms with E-state index in [0.717, 1.165) is 30.5 Å². The molecule has 19 heavy (non-hydrogen) atoms. The lowest BCUT2D eigenvalue weighted by Gasteiger charge is -2.21. The van der Waals surface area contributed by atoms with Crippen LogP contribution in [0.25, 0.3) is 0 Å². The van der Waals surface area contributed by atoms with Crippen molar-refractivity contribution in [3.05, 3.63) is 35.1 Å². The van der Waals surface area contributed by atoms with Crippen LogP contribution >= 0.6 is 0 Å². The third-order valence-electron chi connectivity index (χ3n) is 3.44. The molecule has 1 aliphatic heterocycles. The van der Waals surface area contributed by atoms with Gasteiger partial charge >= 0.3 is 0 Å². The van der Waals surface area contributed by atoms with Gasteiger partial charge in [-0.1, -0.05) is 13.0 Å². The number of aryl methyl sites for hydroxylation is 1. The summed E-state index contributed by atoms with van der Waals surface area (Å²) in [6, 6.07) is 5.20. The second-order valence-corrected chi connectivity index (χ2v) is 4.94. The Morgan fingerprint density at radius 3 is 2.79 bits per heavy atom. The Hall–Kier alpha value is -0.970. The molecule has 1 N–H and O–H groups in total. The van der Waals surface area contributed by atoms with Crippen LogP contribution in [0, 0.1) is 12.7 Å². The molecule has 1 aliphatic rings. The summed E-state index contributed by atoms with van der Waals surface area (Å²) in [6.07, 6.45) is 1.46. The molecule has 1 heterocycles. The highest BCUT2D eigenvalue weighted by Crippen LogP contribution is 2.17. The van der Waals surface area contributed by atoms with Gasteiger partial charge in [-0.15, -0.1) is 0 Å². The number of rotatable bonds is 6. The van der Waals surface area contributed by atoms with Gasteiger partial charge in [0.25, 0.3) is 0 Å². The molecule has 3 nitrogen and oxygen atoms in total. The molecule has 4 heteroatoms. The zero-order valence-electron chi connectivity index (χ0n) is 11.6. The molecule has 1 unspecified atom stereocenters. The zero-order chi connectivity index (χ0) is 13.7. The number of benzene rings is 1. The van der Waals surface area contributed by atoms with Crippen LogP contribution in [-0.2, 0) is 15.9 Å². The predicted octanol–water partition coefficient (Wildman–Crippen LogP) is 2.42. The van der Waals surface area contributed by atoms with Crippen molar-refractivity contribution in [1.82, 2.24) is 5.32 Å². The van der Waals surface area contributed by atoms with E-state index in [2.05, 4.69) is 12.2 Å². The Balaban J connectivity index is 2.00. The first-order valence-corrected chi connectivity index (χ1v) is 6.90. The number of ether oxygens (including phenoxy) is 2. The quantitative estimate of drug-likeness (QED) is 0.858. The van der Waals surface area contributed by atoms with E-state index >= 15 is 0 Å². The SMILES string of the molecule is CCNC(Cc1cc(F)ccc1C)CC1OCCO1. The first-order valence-electron chi connectivity index (χ1n) is 6.90. The number of nitrogens with one attached hydrogen (secondary N) is 1. The van der Waals surface area contributed by atoms with Gasteiger partial charge in [0, 0.05) is 12.5 Å². The predicted molar refractivity (Wildman–Crippen MR) is 72.6 cm³/mol. The van der Waals surface area contributed by atoms with Gasteiger partial charge in [0.1, 0.15) is 5.82 Å². The van der Waals surface area contributed by atoms with Crippen LogP contribution in [-0.4, -0.2) is 32.1 Å². The second kappa shape index (κ2) is 6.98. The molecule has 0 amide bonds. The van der Waals surface area contributed by atoms with Crippen LogP contribution in [0.1, 0.15) is 24.5 Å². The van der Waals surface area contributed by atoms with Crippen LogP contribution in [0.4, 0.5) is 4.39 Å². The highest BCUT2D eigenvalue weighted by molar-refractivity contribution is 5.27. The summed E-state index contributed by atoms with van der Waals surface area (Å²) in [5, 5.41) is 3.42. The first kappa shape index (κ1) is 14.4. The van der Waals surface area contributed by atoms with Gasteiger partial charge in [0.15, 0.2) is 6.29 Å². The van der Waals surface area contributed by atoms with E-state index in [1.165, 1.54) is 6.07 Å². The fraction of sp³-hybridized carbons (Fsp3) is 0.600. The second-order valence-electron chi connectivity index (χ2n) is 4.94. The highest BCUT2D eigenvalue weighted by Gasteiger charge is 2.21. The van der Waals surface area contributed by atoms with Crippen LogP contribution in [0.5, 0.6) is 0 Å². The summed E-state index contributed by atoms with van der Waals surface area (Å²) in [6.45, 7) is 6.30. The van der Waals surface area contributed by atoms with E-state index in [9.17, 15) is 4.39 Å². The Morgan fingerprint density at radius 2 is 2.11 bits per heavy atom. The molecule has 2 rings (SSSR count). The number of halogens is 1. The molecule has 0 saturated carbocycles. The van der Waals surface area contributed by atoms with Crippen molar-refractivity contribution in [3.8, 4) is 0 Å². The average Bonchev–Trinajstić information content (AvgIpc) is 2.87. The molecule has 0 spiro atoms. The third kappa shape index (κ3) is 4.27. The zero-order valence-corrected chi connectivity index (χ0v) is 11.6. The van der Waals surface area contributed by atoms with Crippen molar-refractivity contribution in [1.29, 1.82) is 0 Å². The molecule has 0 radical (unpaired) electrons. The maximum absolute atomic E-state index is 13.3. The van der Waals surface area contributed by atoms with Crippen molar-refractivity contribution in [2.45, 2.75) is 39.0 Å². The largest absolute Gasteiger partial charge is 0.350 e. The van der Waals surface area contributed by atoms with Crippen molar-refractivity contribution < 1.29 is 13.9 Å². The topological polar surface area (TPSA) is 30.5 Å². The molecule has 0 bridgehead atoms. The van der Waals surface area contributed by atoms with Crippen LogP contribution < -0.4 is 5.32 Å². The number of hydrogen-bond donors (Lipinski definition) is 1.